The monoisotopic (exact) mass is 313 g/mol. The van der Waals surface area contributed by atoms with Gasteiger partial charge in [0.05, 0.1) is 5.41 Å². The van der Waals surface area contributed by atoms with Gasteiger partial charge in [-0.15, -0.1) is 0 Å². The average Bonchev–Trinajstić information content (AvgIpc) is 2.30. The molecule has 0 aliphatic heterocycles. The molecule has 4 nitrogen and oxygen atoms in total. The first-order valence-electron chi connectivity index (χ1n) is 6.28. The second-order valence-electron chi connectivity index (χ2n) is 5.68. The SMILES string of the molecule is CN(C(=O)C12CC(OC(=O)Cl)(C1)C2)c1cccc(Cl)c1. The molecule has 3 saturated carbocycles. The van der Waals surface area contributed by atoms with Gasteiger partial charge in [-0.1, -0.05) is 17.7 Å². The third-order valence-electron chi connectivity index (χ3n) is 4.23. The van der Waals surface area contributed by atoms with E-state index in [0.29, 0.717) is 24.3 Å². The molecule has 3 fully saturated rings. The molecule has 106 valence electrons. The van der Waals surface area contributed by atoms with E-state index in [1.54, 1.807) is 30.1 Å². The number of benzene rings is 1. The van der Waals surface area contributed by atoms with Gasteiger partial charge in [-0.3, -0.25) is 4.79 Å². The van der Waals surface area contributed by atoms with Gasteiger partial charge in [0, 0.05) is 48.6 Å². The highest BCUT2D eigenvalue weighted by atomic mass is 35.5. The van der Waals surface area contributed by atoms with Gasteiger partial charge in [-0.05, 0) is 18.2 Å². The van der Waals surface area contributed by atoms with Crippen molar-refractivity contribution in [1.29, 1.82) is 0 Å². The largest absolute Gasteiger partial charge is 0.447 e. The average molecular weight is 314 g/mol. The van der Waals surface area contributed by atoms with Gasteiger partial charge in [-0.25, -0.2) is 4.79 Å². The van der Waals surface area contributed by atoms with E-state index < -0.39 is 16.4 Å². The Bertz CT molecular complexity index is 582. The summed E-state index contributed by atoms with van der Waals surface area (Å²) in [5.41, 5.74) is -0.933. The third kappa shape index (κ3) is 1.98. The lowest BCUT2D eigenvalue weighted by Crippen LogP contribution is -2.73. The van der Waals surface area contributed by atoms with Gasteiger partial charge < -0.3 is 9.64 Å². The fourth-order valence-electron chi connectivity index (χ4n) is 3.36. The van der Waals surface area contributed by atoms with Gasteiger partial charge in [0.15, 0.2) is 0 Å². The summed E-state index contributed by atoms with van der Waals surface area (Å²) in [6, 6.07) is 7.16. The number of carbonyl (C=O) groups is 2. The highest BCUT2D eigenvalue weighted by Crippen LogP contribution is 2.70. The minimum absolute atomic E-state index is 0.0345. The molecule has 0 saturated heterocycles. The topological polar surface area (TPSA) is 46.6 Å². The zero-order valence-corrected chi connectivity index (χ0v) is 12.4. The van der Waals surface area contributed by atoms with Crippen LogP contribution in [0.3, 0.4) is 0 Å². The minimum Gasteiger partial charge on any atom is -0.447 e. The third-order valence-corrected chi connectivity index (χ3v) is 4.54. The number of rotatable bonds is 3. The first-order chi connectivity index (χ1) is 9.36. The van der Waals surface area contributed by atoms with Crippen LogP contribution in [-0.4, -0.2) is 24.0 Å². The van der Waals surface area contributed by atoms with Crippen molar-refractivity contribution in [3.63, 3.8) is 0 Å². The quantitative estimate of drug-likeness (QED) is 0.801. The predicted octanol–water partition coefficient (Wildman–Crippen LogP) is 3.60. The van der Waals surface area contributed by atoms with Gasteiger partial charge in [-0.2, -0.15) is 0 Å². The Morgan fingerprint density at radius 2 is 1.95 bits per heavy atom. The second-order valence-corrected chi connectivity index (χ2v) is 6.42. The summed E-state index contributed by atoms with van der Waals surface area (Å²) >= 11 is 11.2. The van der Waals surface area contributed by atoms with E-state index in [-0.39, 0.29) is 5.91 Å². The molecule has 1 amide bonds. The van der Waals surface area contributed by atoms with Crippen LogP contribution in [0.15, 0.2) is 24.3 Å². The van der Waals surface area contributed by atoms with E-state index in [1.165, 1.54) is 0 Å². The number of nitrogens with zero attached hydrogens (tertiary/aromatic N) is 1. The van der Waals surface area contributed by atoms with Gasteiger partial charge >= 0.3 is 5.43 Å². The lowest BCUT2D eigenvalue weighted by atomic mass is 9.40. The molecule has 3 aliphatic carbocycles. The molecular weight excluding hydrogens is 301 g/mol. The van der Waals surface area contributed by atoms with Crippen LogP contribution >= 0.6 is 23.2 Å². The summed E-state index contributed by atoms with van der Waals surface area (Å²) in [6.07, 6.45) is 1.67. The standard InChI is InChI=1S/C14H13Cl2NO3/c1-17(10-4-2-3-9(15)5-10)11(18)13-6-14(7-13,8-13)20-12(16)19/h2-5H,6-8H2,1H3. The molecule has 0 unspecified atom stereocenters. The summed E-state index contributed by atoms with van der Waals surface area (Å²) in [6.45, 7) is 0. The van der Waals surface area contributed by atoms with E-state index in [9.17, 15) is 9.59 Å². The molecule has 0 radical (unpaired) electrons. The minimum atomic E-state index is -0.797. The van der Waals surface area contributed by atoms with Gasteiger partial charge in [0.1, 0.15) is 5.60 Å². The van der Waals surface area contributed by atoms with Crippen LogP contribution < -0.4 is 4.90 Å². The van der Waals surface area contributed by atoms with Crippen molar-refractivity contribution in [2.24, 2.45) is 5.41 Å². The number of amides is 1. The van der Waals surface area contributed by atoms with Gasteiger partial charge in [0.2, 0.25) is 5.91 Å². The van der Waals surface area contributed by atoms with E-state index in [2.05, 4.69) is 0 Å². The molecule has 0 N–H and O–H groups in total. The van der Waals surface area contributed by atoms with Crippen molar-refractivity contribution in [1.82, 2.24) is 0 Å². The lowest BCUT2D eigenvalue weighted by Gasteiger charge is -2.67. The summed E-state index contributed by atoms with van der Waals surface area (Å²) < 4.78 is 5.05. The normalized spacial score (nSPS) is 29.9. The van der Waals surface area contributed by atoms with Crippen LogP contribution in [0.5, 0.6) is 0 Å². The Morgan fingerprint density at radius 1 is 1.30 bits per heavy atom. The Morgan fingerprint density at radius 3 is 2.50 bits per heavy atom. The molecule has 1 aromatic rings. The molecule has 2 bridgehead atoms. The van der Waals surface area contributed by atoms with Gasteiger partial charge in [0.25, 0.3) is 0 Å². The molecule has 0 heterocycles. The smallest absolute Gasteiger partial charge is 0.404 e. The zero-order chi connectivity index (χ0) is 14.5. The number of ether oxygens (including phenoxy) is 1. The number of hydrogen-bond acceptors (Lipinski definition) is 3. The second kappa shape index (κ2) is 4.37. The predicted molar refractivity (Wildman–Crippen MR) is 76.2 cm³/mol. The molecule has 1 aromatic carbocycles. The van der Waals surface area contributed by atoms with Crippen LogP contribution in [0.25, 0.3) is 0 Å². The van der Waals surface area contributed by atoms with Crippen molar-refractivity contribution in [2.75, 3.05) is 11.9 Å². The van der Waals surface area contributed by atoms with Crippen molar-refractivity contribution >= 4 is 40.2 Å². The van der Waals surface area contributed by atoms with E-state index in [4.69, 9.17) is 27.9 Å². The highest BCUT2D eigenvalue weighted by Gasteiger charge is 2.74. The highest BCUT2D eigenvalue weighted by molar-refractivity contribution is 6.61. The lowest BCUT2D eigenvalue weighted by molar-refractivity contribution is -0.243. The van der Waals surface area contributed by atoms with Crippen LogP contribution in [0.2, 0.25) is 5.02 Å². The first kappa shape index (κ1) is 13.7. The zero-order valence-electron chi connectivity index (χ0n) is 10.9. The molecule has 20 heavy (non-hydrogen) atoms. The number of hydrogen-bond donors (Lipinski definition) is 0. The molecule has 0 atom stereocenters. The Hall–Kier alpha value is -1.26. The Kier molecular flexibility index (Phi) is 2.99. The first-order valence-corrected chi connectivity index (χ1v) is 7.04. The molecule has 0 aromatic heterocycles. The number of carbonyl (C=O) groups excluding carboxylic acids is 2. The molecule has 3 aliphatic rings. The summed E-state index contributed by atoms with van der Waals surface area (Å²) in [4.78, 5) is 24.9. The summed E-state index contributed by atoms with van der Waals surface area (Å²) in [5.74, 6) is 0.0345. The maximum absolute atomic E-state index is 12.5. The Balaban J connectivity index is 1.69. The van der Waals surface area contributed by atoms with Crippen LogP contribution in [0.1, 0.15) is 19.3 Å². The van der Waals surface area contributed by atoms with Crippen molar-refractivity contribution in [3.8, 4) is 0 Å². The van der Waals surface area contributed by atoms with E-state index in [1.807, 2.05) is 6.07 Å². The van der Waals surface area contributed by atoms with Crippen LogP contribution in [0.4, 0.5) is 10.5 Å². The maximum Gasteiger partial charge on any atom is 0.404 e. The Labute approximate surface area is 126 Å². The van der Waals surface area contributed by atoms with E-state index in [0.717, 1.165) is 5.69 Å². The van der Waals surface area contributed by atoms with Crippen molar-refractivity contribution in [3.05, 3.63) is 29.3 Å². The van der Waals surface area contributed by atoms with E-state index >= 15 is 0 Å². The molecule has 0 spiro atoms. The molecule has 6 heteroatoms. The van der Waals surface area contributed by atoms with Crippen molar-refractivity contribution < 1.29 is 14.3 Å². The fraction of sp³-hybridized carbons (Fsp3) is 0.429. The molecule has 4 rings (SSSR count). The summed E-state index contributed by atoms with van der Waals surface area (Å²) in [5, 5.41) is 0.590. The van der Waals surface area contributed by atoms with Crippen molar-refractivity contribution in [2.45, 2.75) is 24.9 Å². The maximum atomic E-state index is 12.5. The summed E-state index contributed by atoms with van der Waals surface area (Å²) in [7, 11) is 1.73. The molecular formula is C14H13Cl2NO3. The number of halogens is 2. The van der Waals surface area contributed by atoms with Crippen LogP contribution in [-0.2, 0) is 9.53 Å². The van der Waals surface area contributed by atoms with Crippen LogP contribution in [0, 0.1) is 5.41 Å². The fourth-order valence-corrected chi connectivity index (χ4v) is 3.71. The number of anilines is 1.